The Hall–Kier alpha value is -0.580. The maximum atomic E-state index is 9.19. The smallest absolute Gasteiger partial charge is 0.127 e. The van der Waals surface area contributed by atoms with Gasteiger partial charge in [-0.05, 0) is 24.6 Å². The molecule has 15 heavy (non-hydrogen) atoms. The number of aryl methyl sites for hydroxylation is 1. The molecule has 0 aromatic heterocycles. The summed E-state index contributed by atoms with van der Waals surface area (Å²) >= 11 is 3.38. The van der Waals surface area contributed by atoms with Crippen LogP contribution in [0.25, 0.3) is 0 Å². The zero-order valence-electron chi connectivity index (χ0n) is 8.92. The molecule has 0 radical (unpaired) electrons. The molecule has 0 aliphatic rings. The molecule has 0 fully saturated rings. The quantitative estimate of drug-likeness (QED) is 0.838. The highest BCUT2D eigenvalue weighted by Crippen LogP contribution is 2.28. The lowest BCUT2D eigenvalue weighted by molar-refractivity contribution is 0.144. The third kappa shape index (κ3) is 3.48. The summed E-state index contributed by atoms with van der Waals surface area (Å²) in [5.74, 6) is 0.748. The van der Waals surface area contributed by atoms with E-state index in [-0.39, 0.29) is 6.61 Å². The van der Waals surface area contributed by atoms with Gasteiger partial charge in [0.05, 0.1) is 13.2 Å². The Bertz CT molecular complexity index is 326. The van der Waals surface area contributed by atoms with E-state index in [0.29, 0.717) is 13.2 Å². The van der Waals surface area contributed by atoms with Gasteiger partial charge in [-0.25, -0.2) is 0 Å². The summed E-state index contributed by atoms with van der Waals surface area (Å²) in [6.45, 7) is 2.96. The molecule has 84 valence electrons. The molecule has 0 saturated heterocycles. The van der Waals surface area contributed by atoms with Crippen LogP contribution in [0.1, 0.15) is 11.1 Å². The van der Waals surface area contributed by atoms with Crippen molar-refractivity contribution in [3.8, 4) is 5.75 Å². The summed E-state index contributed by atoms with van der Waals surface area (Å²) in [7, 11) is 1.63. The van der Waals surface area contributed by atoms with E-state index < -0.39 is 0 Å². The van der Waals surface area contributed by atoms with Crippen molar-refractivity contribution < 1.29 is 14.6 Å². The summed E-state index contributed by atoms with van der Waals surface area (Å²) in [6.07, 6.45) is 0. The van der Waals surface area contributed by atoms with Gasteiger partial charge in [-0.3, -0.25) is 0 Å². The number of hydrogen-bond acceptors (Lipinski definition) is 3. The second kappa shape index (κ2) is 6.10. The van der Waals surface area contributed by atoms with Crippen LogP contribution in [0, 0.1) is 6.92 Å². The minimum atomic E-state index is -0.0252. The second-order valence-corrected chi connectivity index (χ2v) is 4.13. The lowest BCUT2D eigenvalue weighted by Crippen LogP contribution is -2.07. The number of halogens is 1. The van der Waals surface area contributed by atoms with Crippen LogP contribution in [0.3, 0.4) is 0 Å². The lowest BCUT2D eigenvalue weighted by atomic mass is 10.1. The van der Waals surface area contributed by atoms with Crippen molar-refractivity contribution >= 4 is 15.9 Å². The first-order valence-electron chi connectivity index (χ1n) is 4.70. The van der Waals surface area contributed by atoms with Crippen molar-refractivity contribution in [2.75, 3.05) is 20.3 Å². The summed E-state index contributed by atoms with van der Waals surface area (Å²) < 4.78 is 11.4. The molecule has 0 bridgehead atoms. The highest BCUT2D eigenvalue weighted by molar-refractivity contribution is 9.10. The predicted molar refractivity (Wildman–Crippen MR) is 62.2 cm³/mol. The second-order valence-electron chi connectivity index (χ2n) is 3.21. The molecule has 0 atom stereocenters. The van der Waals surface area contributed by atoms with E-state index >= 15 is 0 Å². The average molecular weight is 275 g/mol. The predicted octanol–water partition coefficient (Wildman–Crippen LogP) is 2.28. The minimum absolute atomic E-state index is 0.0252. The van der Waals surface area contributed by atoms with Gasteiger partial charge in [0.2, 0.25) is 0 Å². The molecule has 1 aromatic carbocycles. The Morgan fingerprint density at radius 1 is 1.33 bits per heavy atom. The number of aliphatic hydroxyl groups is 1. The molecule has 1 N–H and O–H groups in total. The molecule has 0 aliphatic heterocycles. The van der Waals surface area contributed by atoms with Gasteiger partial charge in [0, 0.05) is 17.1 Å². The fraction of sp³-hybridized carbons (Fsp3) is 0.455. The first-order chi connectivity index (χ1) is 7.19. The van der Waals surface area contributed by atoms with Crippen molar-refractivity contribution in [3.63, 3.8) is 0 Å². The monoisotopic (exact) mass is 274 g/mol. The van der Waals surface area contributed by atoms with Crippen LogP contribution in [-0.4, -0.2) is 25.4 Å². The van der Waals surface area contributed by atoms with Crippen LogP contribution >= 0.6 is 15.9 Å². The van der Waals surface area contributed by atoms with Crippen LogP contribution in [0.15, 0.2) is 16.6 Å². The van der Waals surface area contributed by atoms with E-state index in [2.05, 4.69) is 15.9 Å². The van der Waals surface area contributed by atoms with Crippen LogP contribution in [0.4, 0.5) is 0 Å². The normalized spacial score (nSPS) is 10.4. The van der Waals surface area contributed by atoms with Crippen molar-refractivity contribution in [3.05, 3.63) is 27.7 Å². The van der Waals surface area contributed by atoms with Gasteiger partial charge < -0.3 is 14.6 Å². The summed E-state index contributed by atoms with van der Waals surface area (Å²) in [6, 6.07) is 3.82. The Morgan fingerprint density at radius 3 is 2.67 bits per heavy atom. The standard InChI is InChI=1S/C11H15BrO3/c1-8-5-10(12)6-9(7-13)11(8)15-4-3-14-2/h5-6,13H,3-4,7H2,1-2H3. The van der Waals surface area contributed by atoms with Crippen molar-refractivity contribution in [1.82, 2.24) is 0 Å². The van der Waals surface area contributed by atoms with Crippen LogP contribution in [-0.2, 0) is 11.3 Å². The molecular formula is C11H15BrO3. The van der Waals surface area contributed by atoms with E-state index in [0.717, 1.165) is 21.3 Å². The molecule has 0 spiro atoms. The molecule has 0 amide bonds. The molecule has 4 heteroatoms. The zero-order valence-corrected chi connectivity index (χ0v) is 10.5. The van der Waals surface area contributed by atoms with E-state index in [9.17, 15) is 5.11 Å². The lowest BCUT2D eigenvalue weighted by Gasteiger charge is -2.13. The van der Waals surface area contributed by atoms with Gasteiger partial charge in [0.1, 0.15) is 12.4 Å². The van der Waals surface area contributed by atoms with Gasteiger partial charge in [-0.2, -0.15) is 0 Å². The average Bonchev–Trinajstić information content (AvgIpc) is 2.20. The zero-order chi connectivity index (χ0) is 11.3. The van der Waals surface area contributed by atoms with E-state index in [1.807, 2.05) is 19.1 Å². The highest BCUT2D eigenvalue weighted by Gasteiger charge is 2.07. The third-order valence-corrected chi connectivity index (χ3v) is 2.48. The van der Waals surface area contributed by atoms with Crippen LogP contribution in [0.2, 0.25) is 0 Å². The number of hydrogen-bond donors (Lipinski definition) is 1. The van der Waals surface area contributed by atoms with Gasteiger partial charge >= 0.3 is 0 Å². The molecule has 0 saturated carbocycles. The van der Waals surface area contributed by atoms with Gasteiger partial charge in [0.25, 0.3) is 0 Å². The Balaban J connectivity index is 2.84. The highest BCUT2D eigenvalue weighted by atomic mass is 79.9. The fourth-order valence-electron chi connectivity index (χ4n) is 1.35. The first kappa shape index (κ1) is 12.5. The maximum absolute atomic E-state index is 9.19. The van der Waals surface area contributed by atoms with Crippen molar-refractivity contribution in [2.45, 2.75) is 13.5 Å². The Morgan fingerprint density at radius 2 is 2.07 bits per heavy atom. The van der Waals surface area contributed by atoms with Gasteiger partial charge in [-0.15, -0.1) is 0 Å². The molecule has 3 nitrogen and oxygen atoms in total. The molecule has 1 rings (SSSR count). The number of rotatable bonds is 5. The van der Waals surface area contributed by atoms with Crippen LogP contribution in [0.5, 0.6) is 5.75 Å². The van der Waals surface area contributed by atoms with Crippen LogP contribution < -0.4 is 4.74 Å². The van der Waals surface area contributed by atoms with Gasteiger partial charge in [-0.1, -0.05) is 15.9 Å². The van der Waals surface area contributed by atoms with E-state index in [1.54, 1.807) is 7.11 Å². The maximum Gasteiger partial charge on any atom is 0.127 e. The van der Waals surface area contributed by atoms with E-state index in [4.69, 9.17) is 9.47 Å². The van der Waals surface area contributed by atoms with Crippen molar-refractivity contribution in [2.24, 2.45) is 0 Å². The molecule has 1 aromatic rings. The van der Waals surface area contributed by atoms with Crippen molar-refractivity contribution in [1.29, 1.82) is 0 Å². The first-order valence-corrected chi connectivity index (χ1v) is 5.50. The fourth-order valence-corrected chi connectivity index (χ4v) is 1.97. The molecule has 0 unspecified atom stereocenters. The Labute approximate surface area is 98.1 Å². The minimum Gasteiger partial charge on any atom is -0.491 e. The SMILES string of the molecule is COCCOc1c(C)cc(Br)cc1CO. The number of aliphatic hydroxyl groups excluding tert-OH is 1. The summed E-state index contributed by atoms with van der Waals surface area (Å²) in [5.41, 5.74) is 1.79. The number of ether oxygens (including phenoxy) is 2. The van der Waals surface area contributed by atoms with E-state index in [1.165, 1.54) is 0 Å². The van der Waals surface area contributed by atoms with Gasteiger partial charge in [0.15, 0.2) is 0 Å². The summed E-state index contributed by atoms with van der Waals surface area (Å²) in [5, 5.41) is 9.19. The number of methoxy groups -OCH3 is 1. The topological polar surface area (TPSA) is 38.7 Å². The summed E-state index contributed by atoms with van der Waals surface area (Å²) in [4.78, 5) is 0. The largest absolute Gasteiger partial charge is 0.491 e. The molecule has 0 aliphatic carbocycles. The third-order valence-electron chi connectivity index (χ3n) is 2.02. The molecule has 0 heterocycles. The number of benzene rings is 1. The molecular weight excluding hydrogens is 260 g/mol. The Kier molecular flexibility index (Phi) is 5.08.